The summed E-state index contributed by atoms with van der Waals surface area (Å²) in [5.74, 6) is 1.43. The molecule has 0 fully saturated rings. The first-order valence-electron chi connectivity index (χ1n) is 14.6. The van der Waals surface area contributed by atoms with E-state index in [2.05, 4.69) is 19.9 Å². The van der Waals surface area contributed by atoms with Crippen molar-refractivity contribution in [3.05, 3.63) is 139 Å². The first kappa shape index (κ1) is 32.6. The van der Waals surface area contributed by atoms with Crippen molar-refractivity contribution in [2.24, 2.45) is 14.1 Å². The Morgan fingerprint density at radius 3 is 1.72 bits per heavy atom. The number of aromatic nitrogens is 8. The molecule has 2 unspecified atom stereocenters. The number of hydrogen-bond donors (Lipinski definition) is 0. The van der Waals surface area contributed by atoms with E-state index in [1.54, 1.807) is 74.3 Å². The topological polar surface area (TPSA) is 105 Å². The molecule has 0 saturated heterocycles. The monoisotopic (exact) mass is 656 g/mol. The SMILES string of the molecule is Cc1cc(-c2nc(Cl)cn2C(C)c2ccccn2)cn(C)c1=O.Cc1cc(-c2ncc(Cl)n2C(C)c2ccccn2)cn(C)c1=O. The third-order valence-corrected chi connectivity index (χ3v) is 8.19. The van der Waals surface area contributed by atoms with Crippen LogP contribution in [0.3, 0.4) is 0 Å². The molecule has 6 heterocycles. The fourth-order valence-electron chi connectivity index (χ4n) is 5.32. The van der Waals surface area contributed by atoms with Gasteiger partial charge in [-0.3, -0.25) is 19.6 Å². The lowest BCUT2D eigenvalue weighted by Crippen LogP contribution is -2.19. The Labute approximate surface area is 276 Å². The van der Waals surface area contributed by atoms with Crippen molar-refractivity contribution in [2.45, 2.75) is 39.8 Å². The Kier molecular flexibility index (Phi) is 9.69. The molecule has 0 aliphatic carbocycles. The van der Waals surface area contributed by atoms with Gasteiger partial charge in [0.1, 0.15) is 22.0 Å². The third-order valence-electron chi connectivity index (χ3n) is 7.73. The van der Waals surface area contributed by atoms with E-state index in [-0.39, 0.29) is 23.2 Å². The van der Waals surface area contributed by atoms with Crippen LogP contribution in [0.1, 0.15) is 48.4 Å². The molecule has 0 spiro atoms. The highest BCUT2D eigenvalue weighted by Crippen LogP contribution is 2.30. The van der Waals surface area contributed by atoms with E-state index in [0.717, 1.165) is 22.5 Å². The van der Waals surface area contributed by atoms with Crippen molar-refractivity contribution in [3.8, 4) is 22.8 Å². The van der Waals surface area contributed by atoms with Gasteiger partial charge in [-0.1, -0.05) is 35.3 Å². The van der Waals surface area contributed by atoms with Crippen molar-refractivity contribution < 1.29 is 0 Å². The summed E-state index contributed by atoms with van der Waals surface area (Å²) >= 11 is 12.5. The molecule has 6 aromatic heterocycles. The van der Waals surface area contributed by atoms with Crippen LogP contribution < -0.4 is 11.1 Å². The molecule has 0 N–H and O–H groups in total. The summed E-state index contributed by atoms with van der Waals surface area (Å²) < 4.78 is 7.01. The molecule has 12 heteroatoms. The Balaban J connectivity index is 0.000000181. The molecule has 6 aromatic rings. The van der Waals surface area contributed by atoms with Crippen molar-refractivity contribution in [1.82, 2.24) is 38.2 Å². The van der Waals surface area contributed by atoms with Gasteiger partial charge in [0.05, 0.1) is 29.7 Å². The lowest BCUT2D eigenvalue weighted by Gasteiger charge is -2.17. The molecular formula is C34H34Cl2N8O2. The average Bonchev–Trinajstić information content (AvgIpc) is 3.64. The van der Waals surface area contributed by atoms with E-state index in [0.29, 0.717) is 33.1 Å². The Morgan fingerprint density at radius 2 is 1.22 bits per heavy atom. The van der Waals surface area contributed by atoms with Crippen molar-refractivity contribution in [3.63, 3.8) is 0 Å². The average molecular weight is 658 g/mol. The number of nitrogens with zero attached hydrogens (tertiary/aromatic N) is 8. The fraction of sp³-hybridized carbons (Fsp3) is 0.235. The Hall–Kier alpha value is -4.80. The minimum Gasteiger partial charge on any atom is -0.321 e. The number of aryl methyl sites for hydroxylation is 4. The van der Waals surface area contributed by atoms with Crippen LogP contribution in [0.25, 0.3) is 22.8 Å². The summed E-state index contributed by atoms with van der Waals surface area (Å²) in [6, 6.07) is 15.2. The highest BCUT2D eigenvalue weighted by atomic mass is 35.5. The number of hydrogen-bond acceptors (Lipinski definition) is 6. The molecule has 0 amide bonds. The van der Waals surface area contributed by atoms with E-state index < -0.39 is 0 Å². The van der Waals surface area contributed by atoms with Crippen LogP contribution in [-0.4, -0.2) is 38.2 Å². The van der Waals surface area contributed by atoms with E-state index in [1.807, 2.05) is 71.5 Å². The molecule has 0 aliphatic rings. The smallest absolute Gasteiger partial charge is 0.253 e. The first-order valence-corrected chi connectivity index (χ1v) is 15.4. The number of halogens is 2. The summed E-state index contributed by atoms with van der Waals surface area (Å²) in [6.45, 7) is 7.65. The predicted molar refractivity (Wildman–Crippen MR) is 181 cm³/mol. The summed E-state index contributed by atoms with van der Waals surface area (Å²) in [5.41, 5.74) is 4.81. The molecule has 6 rings (SSSR count). The van der Waals surface area contributed by atoms with Crippen LogP contribution in [0.15, 0.2) is 95.3 Å². The highest BCUT2D eigenvalue weighted by molar-refractivity contribution is 6.30. The number of rotatable bonds is 6. The van der Waals surface area contributed by atoms with Gasteiger partial charge < -0.3 is 18.3 Å². The van der Waals surface area contributed by atoms with Gasteiger partial charge in [0.25, 0.3) is 11.1 Å². The second-order valence-corrected chi connectivity index (χ2v) is 11.9. The van der Waals surface area contributed by atoms with Crippen LogP contribution in [0, 0.1) is 13.8 Å². The predicted octanol–water partition coefficient (Wildman–Crippen LogP) is 6.43. The van der Waals surface area contributed by atoms with Crippen LogP contribution in [0.2, 0.25) is 10.3 Å². The summed E-state index contributed by atoms with van der Waals surface area (Å²) in [6.07, 6.45) is 10.5. The minimum atomic E-state index is -0.0706. The number of pyridine rings is 4. The largest absolute Gasteiger partial charge is 0.321 e. The van der Waals surface area contributed by atoms with Crippen LogP contribution in [0.5, 0.6) is 0 Å². The zero-order valence-corrected chi connectivity index (χ0v) is 27.9. The van der Waals surface area contributed by atoms with Crippen LogP contribution in [0.4, 0.5) is 0 Å². The maximum absolute atomic E-state index is 11.9. The van der Waals surface area contributed by atoms with E-state index in [9.17, 15) is 9.59 Å². The Morgan fingerprint density at radius 1 is 0.696 bits per heavy atom. The molecule has 46 heavy (non-hydrogen) atoms. The van der Waals surface area contributed by atoms with Crippen LogP contribution in [-0.2, 0) is 14.1 Å². The minimum absolute atomic E-state index is 0.0178. The Bertz CT molecular complexity index is 1980. The van der Waals surface area contributed by atoms with Gasteiger partial charge in [0.15, 0.2) is 0 Å². The van der Waals surface area contributed by atoms with Gasteiger partial charge >= 0.3 is 0 Å². The van der Waals surface area contributed by atoms with Gasteiger partial charge in [0.2, 0.25) is 0 Å². The molecule has 2 atom stereocenters. The maximum atomic E-state index is 11.9. The van der Waals surface area contributed by atoms with Crippen molar-refractivity contribution in [2.75, 3.05) is 0 Å². The van der Waals surface area contributed by atoms with Crippen molar-refractivity contribution in [1.29, 1.82) is 0 Å². The maximum Gasteiger partial charge on any atom is 0.253 e. The highest BCUT2D eigenvalue weighted by Gasteiger charge is 2.20. The second kappa shape index (κ2) is 13.7. The van der Waals surface area contributed by atoms with Gasteiger partial charge in [0, 0.05) is 67.3 Å². The molecule has 0 aromatic carbocycles. The summed E-state index contributed by atoms with van der Waals surface area (Å²) in [7, 11) is 3.46. The van der Waals surface area contributed by atoms with Gasteiger partial charge in [-0.05, 0) is 64.1 Å². The standard InChI is InChI=1S/2C17H17ClN4O/c1-11-8-13(10-21(3)17(11)23)16-20-9-15(18)22(16)12(2)14-6-4-5-7-19-14;1-11-8-13(9-21(3)17(11)23)16-20-15(18)10-22(16)12(2)14-6-4-5-7-19-14/h2*4-10,12H,1-3H3. The molecule has 0 radical (unpaired) electrons. The number of imidazole rings is 2. The van der Waals surface area contributed by atoms with Crippen molar-refractivity contribution >= 4 is 23.2 Å². The van der Waals surface area contributed by atoms with Gasteiger partial charge in [-0.15, -0.1) is 0 Å². The van der Waals surface area contributed by atoms with Crippen LogP contribution >= 0.6 is 23.2 Å². The first-order chi connectivity index (χ1) is 22.0. The molecular weight excluding hydrogens is 623 g/mol. The third kappa shape index (κ3) is 6.73. The summed E-state index contributed by atoms with van der Waals surface area (Å²) in [4.78, 5) is 41.5. The zero-order valence-electron chi connectivity index (χ0n) is 26.4. The quantitative estimate of drug-likeness (QED) is 0.205. The lowest BCUT2D eigenvalue weighted by molar-refractivity contribution is 0.626. The van der Waals surface area contributed by atoms with E-state index in [1.165, 1.54) is 0 Å². The van der Waals surface area contributed by atoms with E-state index >= 15 is 0 Å². The van der Waals surface area contributed by atoms with Gasteiger partial charge in [-0.25, -0.2) is 9.97 Å². The fourth-order valence-corrected chi connectivity index (χ4v) is 5.78. The molecule has 0 saturated carbocycles. The second-order valence-electron chi connectivity index (χ2n) is 11.1. The van der Waals surface area contributed by atoms with E-state index in [4.69, 9.17) is 23.2 Å². The molecule has 0 aliphatic heterocycles. The van der Waals surface area contributed by atoms with Gasteiger partial charge in [-0.2, -0.15) is 0 Å². The zero-order chi connectivity index (χ0) is 33.1. The lowest BCUT2D eigenvalue weighted by atomic mass is 10.1. The molecule has 0 bridgehead atoms. The normalized spacial score (nSPS) is 12.3. The summed E-state index contributed by atoms with van der Waals surface area (Å²) in [5, 5.41) is 0.943. The molecule has 10 nitrogen and oxygen atoms in total. The molecule has 236 valence electrons.